The van der Waals surface area contributed by atoms with Crippen molar-refractivity contribution < 1.29 is 90.3 Å². The molecule has 6 N–H and O–H groups in total. The predicted molar refractivity (Wildman–Crippen MR) is 505 cm³/mol. The van der Waals surface area contributed by atoms with Crippen LogP contribution >= 0.6 is 0 Å². The fourth-order valence-corrected chi connectivity index (χ4v) is 16.1. The van der Waals surface area contributed by atoms with Crippen LogP contribution in [0.5, 0.6) is 40.2 Å². The number of aliphatic imine (C=N–C) groups is 2. The molecular formula is C107H117F3N4O16. The standard InChI is InChI=1S/C29H30FNO4.C28H30FNO4.C28H28FNO4.C22H29NO4/c1-16-11-13-19(14-12-16)23-18(3)26-25(31-15-20-21(30)9-8-10-22(20)34-26)17(2)24(23)27(28(32)33-7)35-29(4,5)6;2*1-15-10-12-18(13-11-15)22-17(3)25-24(30-14-19-20(29)8-7-9-21(19)33-25)16(2)23(22)26(27(31)32)34-28(4,5)6;1-12-8-10-15(11-9-12)16-14(3)19(24)18(23)13(2)17(16)20(21(25)26-7)27-22(4,5)6/h8-15,27H,1-7H3;7-13,26,30H,14H2,1-6H3,(H,31,32);7-14,26H,1-6H3,(H,31,32);8-11,20,24H,23H2,1-7H3/t27-;2*26-;20-/m0000/s1. The van der Waals surface area contributed by atoms with Gasteiger partial charge < -0.3 is 69.0 Å². The zero-order valence-electron chi connectivity index (χ0n) is 78.9. The van der Waals surface area contributed by atoms with Crippen molar-refractivity contribution in [3.8, 4) is 84.8 Å². The van der Waals surface area contributed by atoms with Crippen LogP contribution in [0.2, 0.25) is 0 Å². The molecule has 3 heterocycles. The Hall–Kier alpha value is -12.9. The lowest BCUT2D eigenvalue weighted by Crippen LogP contribution is -2.29. The average Bonchev–Trinajstić information content (AvgIpc) is 1.13. The van der Waals surface area contributed by atoms with Crippen LogP contribution in [-0.4, -0.2) is 88.2 Å². The van der Waals surface area contributed by atoms with E-state index < -0.39 is 82.3 Å². The second-order valence-corrected chi connectivity index (χ2v) is 36.8. The number of aryl methyl sites for hydroxylation is 4. The number of hydrogen-bond acceptors (Lipinski definition) is 18. The number of fused-ring (bicyclic) bond motifs is 6. The molecule has 0 amide bonds. The summed E-state index contributed by atoms with van der Waals surface area (Å²) in [5.74, 6) is -1.67. The van der Waals surface area contributed by atoms with Gasteiger partial charge in [-0.2, -0.15) is 0 Å². The Morgan fingerprint density at radius 2 is 0.677 bits per heavy atom. The second kappa shape index (κ2) is 39.2. The van der Waals surface area contributed by atoms with Crippen molar-refractivity contribution in [3.05, 3.63) is 275 Å². The van der Waals surface area contributed by atoms with Crippen LogP contribution in [0.4, 0.5) is 35.9 Å². The molecule has 3 aliphatic rings. The van der Waals surface area contributed by atoms with E-state index in [0.717, 1.165) is 72.3 Å². The van der Waals surface area contributed by atoms with Gasteiger partial charge in [-0.1, -0.05) is 138 Å². The highest BCUT2D eigenvalue weighted by molar-refractivity contribution is 5.96. The largest absolute Gasteiger partial charge is 0.505 e. The quantitative estimate of drug-likeness (QED) is 0.0342. The van der Waals surface area contributed by atoms with E-state index >= 15 is 0 Å². The van der Waals surface area contributed by atoms with E-state index in [1.54, 1.807) is 57.2 Å². The Kier molecular flexibility index (Phi) is 29.4. The number of carboxylic acid groups (broad SMARTS) is 2. The number of aromatic hydroxyl groups is 1. The van der Waals surface area contributed by atoms with E-state index in [9.17, 15) is 47.7 Å². The van der Waals surface area contributed by atoms with Crippen LogP contribution in [0.15, 0.2) is 162 Å². The zero-order valence-corrected chi connectivity index (χ0v) is 78.9. The Morgan fingerprint density at radius 1 is 0.385 bits per heavy atom. The predicted octanol–water partition coefficient (Wildman–Crippen LogP) is 26.2. The number of anilines is 2. The molecule has 682 valence electrons. The molecule has 11 aromatic carbocycles. The highest BCUT2D eigenvalue weighted by atomic mass is 19.1. The molecule has 23 heteroatoms. The van der Waals surface area contributed by atoms with Gasteiger partial charge in [-0.3, -0.25) is 9.98 Å². The van der Waals surface area contributed by atoms with Crippen molar-refractivity contribution in [2.24, 2.45) is 9.98 Å². The molecular weight excluding hydrogens is 1650 g/mol. The first-order valence-corrected chi connectivity index (χ1v) is 42.9. The molecule has 4 atom stereocenters. The number of esters is 2. The molecule has 0 unspecified atom stereocenters. The molecule has 0 bridgehead atoms. The van der Waals surface area contributed by atoms with Gasteiger partial charge in [-0.15, -0.1) is 0 Å². The summed E-state index contributed by atoms with van der Waals surface area (Å²) in [5.41, 5.74) is 25.0. The minimum absolute atomic E-state index is 0.0196. The highest BCUT2D eigenvalue weighted by Gasteiger charge is 2.41. The lowest BCUT2D eigenvalue weighted by molar-refractivity contribution is -0.164. The number of methoxy groups -OCH3 is 2. The first kappa shape index (κ1) is 97.7. The number of hydrogen-bond donors (Lipinski definition) is 5. The molecule has 0 saturated heterocycles. The van der Waals surface area contributed by atoms with Crippen molar-refractivity contribution in [2.75, 3.05) is 25.3 Å². The molecule has 0 saturated carbocycles. The molecule has 130 heavy (non-hydrogen) atoms. The van der Waals surface area contributed by atoms with Gasteiger partial charge in [0.15, 0.2) is 41.7 Å². The van der Waals surface area contributed by atoms with Gasteiger partial charge in [0.1, 0.15) is 51.8 Å². The molecule has 0 radical (unpaired) electrons. The van der Waals surface area contributed by atoms with E-state index in [4.69, 9.17) is 48.4 Å². The molecule has 20 nitrogen and oxygen atoms in total. The maximum atomic E-state index is 14.6. The number of benzene rings is 11. The van der Waals surface area contributed by atoms with E-state index in [-0.39, 0.29) is 34.9 Å². The topological polar surface area (TPSA) is 275 Å². The number of carbonyl (C=O) groups excluding carboxylic acids is 2. The van der Waals surface area contributed by atoms with E-state index in [2.05, 4.69) is 15.3 Å². The summed E-state index contributed by atoms with van der Waals surface area (Å²) in [4.78, 5) is 59.9. The van der Waals surface area contributed by atoms with E-state index in [1.165, 1.54) is 44.8 Å². The fraction of sp³-hybridized carbons (Fsp3) is 0.327. The molecule has 0 aliphatic carbocycles. The molecule has 3 aliphatic heterocycles. The summed E-state index contributed by atoms with van der Waals surface area (Å²) in [7, 11) is 2.68. The number of nitrogens with one attached hydrogen (secondary N) is 1. The minimum Gasteiger partial charge on any atom is -0.505 e. The van der Waals surface area contributed by atoms with Gasteiger partial charge in [0.25, 0.3) is 0 Å². The number of phenolic OH excluding ortho intramolecular Hbond substituents is 1. The maximum Gasteiger partial charge on any atom is 0.339 e. The number of ether oxygens (including phenoxy) is 9. The number of phenols is 1. The Morgan fingerprint density at radius 3 is 1.02 bits per heavy atom. The van der Waals surface area contributed by atoms with Gasteiger partial charge in [0.05, 0.1) is 59.1 Å². The fourth-order valence-electron chi connectivity index (χ4n) is 16.1. The number of nitrogens with two attached hydrogens (primary N) is 1. The SMILES string of the molecule is COC(=O)[C@@H](OC(C)(C)C)c1c(C)c(N)c(O)c(C)c1-c1ccc(C)cc1.COC(=O)[C@@H](OC(C)(C)C)c1c(C)c2c(c(C)c1-c1ccc(C)cc1)Oc1cccc(F)c1C=N2.Cc1ccc(-c2c(C)c3c(c(C)c2[C@H](OC(C)(C)C)C(=O)O)N=Cc2c(F)cccc2O3)cc1.Cc1ccc(-c2c(C)c3c(c(C)c2[C@H](OC(C)(C)C)C(=O)O)NCc2c(F)cccc2O3)cc1. The zero-order chi connectivity index (χ0) is 95.6. The second-order valence-electron chi connectivity index (χ2n) is 36.8. The molecule has 14 rings (SSSR count). The van der Waals surface area contributed by atoms with Gasteiger partial charge in [0, 0.05) is 69.0 Å². The Balaban J connectivity index is 0.000000168. The normalized spacial score (nSPS) is 13.4. The third kappa shape index (κ3) is 21.5. The van der Waals surface area contributed by atoms with Gasteiger partial charge in [-0.05, 0) is 269 Å². The van der Waals surface area contributed by atoms with Crippen LogP contribution in [0, 0.1) is 101 Å². The third-order valence-electron chi connectivity index (χ3n) is 22.4. The number of nitrogen functional groups attached to an aromatic ring is 1. The highest BCUT2D eigenvalue weighted by Crippen LogP contribution is 2.55. The van der Waals surface area contributed by atoms with Gasteiger partial charge in [-0.25, -0.2) is 32.3 Å². The summed E-state index contributed by atoms with van der Waals surface area (Å²) < 4.78 is 97.1. The summed E-state index contributed by atoms with van der Waals surface area (Å²) in [6.45, 7) is 45.3. The molecule has 0 spiro atoms. The van der Waals surface area contributed by atoms with Crippen LogP contribution < -0.4 is 25.3 Å². The Labute approximate surface area is 759 Å². The average molecular weight is 1770 g/mol. The number of carbonyl (C=O) groups is 4. The number of halogens is 3. The summed E-state index contributed by atoms with van der Waals surface area (Å²) in [5, 5.41) is 34.3. The lowest BCUT2D eigenvalue weighted by Gasteiger charge is -2.30. The molecule has 11 aromatic rings. The summed E-state index contributed by atoms with van der Waals surface area (Å²) >= 11 is 0. The molecule has 0 aromatic heterocycles. The van der Waals surface area contributed by atoms with Crippen molar-refractivity contribution in [3.63, 3.8) is 0 Å². The van der Waals surface area contributed by atoms with Crippen LogP contribution in [-0.2, 0) is 54.1 Å². The lowest BCUT2D eigenvalue weighted by atomic mass is 9.86. The van der Waals surface area contributed by atoms with Crippen molar-refractivity contribution >= 4 is 59.1 Å². The minimum atomic E-state index is -1.24. The van der Waals surface area contributed by atoms with Gasteiger partial charge in [0.2, 0.25) is 0 Å². The Bertz CT molecular complexity index is 6230. The van der Waals surface area contributed by atoms with E-state index in [0.29, 0.717) is 118 Å². The van der Waals surface area contributed by atoms with Crippen LogP contribution in [0.1, 0.15) is 213 Å². The third-order valence-corrected chi connectivity index (χ3v) is 22.4. The van der Waals surface area contributed by atoms with E-state index in [1.807, 2.05) is 242 Å². The summed E-state index contributed by atoms with van der Waals surface area (Å²) in [6.07, 6.45) is -1.51. The van der Waals surface area contributed by atoms with Crippen molar-refractivity contribution in [1.29, 1.82) is 0 Å². The first-order chi connectivity index (χ1) is 60.9. The van der Waals surface area contributed by atoms with Crippen molar-refractivity contribution in [1.82, 2.24) is 0 Å². The van der Waals surface area contributed by atoms with Crippen LogP contribution in [0.3, 0.4) is 0 Å². The number of rotatable bonds is 16. The van der Waals surface area contributed by atoms with Gasteiger partial charge >= 0.3 is 23.9 Å². The van der Waals surface area contributed by atoms with Crippen LogP contribution in [0.25, 0.3) is 44.5 Å². The monoisotopic (exact) mass is 1770 g/mol. The molecule has 0 fully saturated rings. The van der Waals surface area contributed by atoms with Crippen molar-refractivity contribution in [2.45, 2.75) is 220 Å². The summed E-state index contributed by atoms with van der Waals surface area (Å²) in [6, 6.07) is 45.8. The number of carboxylic acids is 2. The smallest absolute Gasteiger partial charge is 0.339 e. The number of aliphatic carboxylic acids is 2. The maximum absolute atomic E-state index is 14.6. The first-order valence-electron chi connectivity index (χ1n) is 42.9. The number of nitrogens with zero attached hydrogens (tertiary/aromatic N) is 2.